The van der Waals surface area contributed by atoms with Crippen LogP contribution in [0.3, 0.4) is 0 Å². The SMILES string of the molecule is O=C1CC(N(Cc2c(=O)o[nH][n+]2-c2ccccc2)C2CC2)C(=O)N1c1ccc(Cl)cc1. The van der Waals surface area contributed by atoms with E-state index in [0.717, 1.165) is 18.5 Å². The first-order chi connectivity index (χ1) is 15.0. The lowest BCUT2D eigenvalue weighted by Crippen LogP contribution is -2.47. The van der Waals surface area contributed by atoms with E-state index in [1.54, 1.807) is 28.9 Å². The van der Waals surface area contributed by atoms with Gasteiger partial charge in [-0.2, -0.15) is 0 Å². The lowest BCUT2D eigenvalue weighted by atomic mass is 10.2. The molecule has 2 aliphatic rings. The fourth-order valence-corrected chi connectivity index (χ4v) is 4.15. The van der Waals surface area contributed by atoms with Gasteiger partial charge in [-0.05, 0) is 47.1 Å². The van der Waals surface area contributed by atoms with E-state index in [1.807, 2.05) is 35.2 Å². The zero-order valence-corrected chi connectivity index (χ0v) is 17.3. The van der Waals surface area contributed by atoms with Gasteiger partial charge >= 0.3 is 11.3 Å². The first-order valence-corrected chi connectivity index (χ1v) is 10.5. The molecule has 1 aromatic heterocycles. The number of anilines is 1. The Morgan fingerprint density at radius 3 is 2.45 bits per heavy atom. The second kappa shape index (κ2) is 7.79. The molecule has 1 saturated carbocycles. The number of carbonyl (C=O) groups is 2. The van der Waals surface area contributed by atoms with Crippen molar-refractivity contribution in [3.05, 3.63) is 75.7 Å². The number of benzene rings is 2. The minimum Gasteiger partial charge on any atom is -0.283 e. The van der Waals surface area contributed by atoms with Crippen LogP contribution in [0.5, 0.6) is 0 Å². The van der Waals surface area contributed by atoms with Crippen LogP contribution in [-0.4, -0.2) is 34.1 Å². The highest BCUT2D eigenvalue weighted by Crippen LogP contribution is 2.35. The summed E-state index contributed by atoms with van der Waals surface area (Å²) >= 11 is 5.94. The van der Waals surface area contributed by atoms with E-state index in [1.165, 1.54) is 4.90 Å². The van der Waals surface area contributed by atoms with E-state index in [9.17, 15) is 14.4 Å². The molecule has 2 aromatic carbocycles. The number of nitrogens with zero attached hydrogens (tertiary/aromatic N) is 3. The molecule has 5 rings (SSSR count). The van der Waals surface area contributed by atoms with Crippen molar-refractivity contribution in [1.29, 1.82) is 0 Å². The first-order valence-electron chi connectivity index (χ1n) is 10.1. The van der Waals surface area contributed by atoms with Gasteiger partial charge < -0.3 is 0 Å². The van der Waals surface area contributed by atoms with Crippen molar-refractivity contribution >= 4 is 29.1 Å². The minimum atomic E-state index is -0.630. The Bertz CT molecular complexity index is 1180. The molecule has 3 aromatic rings. The van der Waals surface area contributed by atoms with Crippen LogP contribution in [-0.2, 0) is 16.1 Å². The number of carbonyl (C=O) groups excluding carboxylic acids is 2. The first kappa shape index (κ1) is 19.7. The number of para-hydroxylation sites is 1. The number of amides is 2. The Labute approximate surface area is 182 Å². The summed E-state index contributed by atoms with van der Waals surface area (Å²) in [7, 11) is 0. The molecule has 0 radical (unpaired) electrons. The maximum Gasteiger partial charge on any atom is 0.431 e. The number of H-pyrrole nitrogens is 1. The topological polar surface area (TPSA) is 90.5 Å². The van der Waals surface area contributed by atoms with Gasteiger partial charge in [-0.25, -0.2) is 9.69 Å². The molecule has 9 heteroatoms. The summed E-state index contributed by atoms with van der Waals surface area (Å²) in [6, 6.07) is 15.4. The van der Waals surface area contributed by atoms with Crippen LogP contribution in [0.15, 0.2) is 63.9 Å². The van der Waals surface area contributed by atoms with Crippen LogP contribution in [0.25, 0.3) is 5.69 Å². The quantitative estimate of drug-likeness (QED) is 0.469. The Morgan fingerprint density at radius 2 is 1.77 bits per heavy atom. The van der Waals surface area contributed by atoms with E-state index in [4.69, 9.17) is 16.1 Å². The number of nitrogens with one attached hydrogen (secondary N) is 1. The summed E-state index contributed by atoms with van der Waals surface area (Å²) in [4.78, 5) is 41.6. The minimum absolute atomic E-state index is 0.0685. The summed E-state index contributed by atoms with van der Waals surface area (Å²) in [6.07, 6.45) is 1.90. The molecule has 1 saturated heterocycles. The second-order valence-electron chi connectivity index (χ2n) is 7.77. The number of aromatic amines is 1. The van der Waals surface area contributed by atoms with Crippen LogP contribution >= 0.6 is 11.6 Å². The van der Waals surface area contributed by atoms with Crippen molar-refractivity contribution in [2.75, 3.05) is 4.90 Å². The fourth-order valence-electron chi connectivity index (χ4n) is 4.02. The molecule has 1 unspecified atom stereocenters. The van der Waals surface area contributed by atoms with E-state index < -0.39 is 11.7 Å². The number of rotatable bonds is 6. The molecule has 0 spiro atoms. The molecule has 1 aliphatic carbocycles. The zero-order chi connectivity index (χ0) is 21.5. The fraction of sp³-hybridized carbons (Fsp3) is 0.273. The van der Waals surface area contributed by atoms with Gasteiger partial charge in [0.15, 0.2) is 0 Å². The van der Waals surface area contributed by atoms with Gasteiger partial charge in [0.05, 0.1) is 24.7 Å². The smallest absolute Gasteiger partial charge is 0.283 e. The Morgan fingerprint density at radius 1 is 1.06 bits per heavy atom. The highest BCUT2D eigenvalue weighted by Gasteiger charge is 2.48. The third-order valence-corrected chi connectivity index (χ3v) is 5.96. The molecular weight excluding hydrogens is 420 g/mol. The van der Waals surface area contributed by atoms with Crippen LogP contribution in [0, 0.1) is 0 Å². The van der Waals surface area contributed by atoms with Crippen molar-refractivity contribution in [2.24, 2.45) is 0 Å². The van der Waals surface area contributed by atoms with Crippen LogP contribution < -0.4 is 15.2 Å². The lowest BCUT2D eigenvalue weighted by Gasteiger charge is -2.25. The van der Waals surface area contributed by atoms with Gasteiger partial charge in [-0.3, -0.25) is 19.0 Å². The highest BCUT2D eigenvalue weighted by atomic mass is 35.5. The molecule has 0 bridgehead atoms. The molecule has 31 heavy (non-hydrogen) atoms. The maximum absolute atomic E-state index is 13.3. The molecule has 2 fully saturated rings. The number of hydrogen-bond acceptors (Lipinski definition) is 5. The van der Waals surface area contributed by atoms with Gasteiger partial charge in [-0.1, -0.05) is 29.8 Å². The van der Waals surface area contributed by atoms with Crippen molar-refractivity contribution in [2.45, 2.75) is 37.9 Å². The third kappa shape index (κ3) is 3.68. The largest absolute Gasteiger partial charge is 0.431 e. The van der Waals surface area contributed by atoms with Crippen molar-refractivity contribution in [1.82, 2.24) is 10.2 Å². The molecule has 2 amide bonds. The van der Waals surface area contributed by atoms with E-state index in [0.29, 0.717) is 16.4 Å². The Kier molecular flexibility index (Phi) is 4.95. The van der Waals surface area contributed by atoms with Gasteiger partial charge in [0, 0.05) is 23.2 Å². The monoisotopic (exact) mass is 439 g/mol. The average Bonchev–Trinajstić information content (AvgIpc) is 3.49. The molecule has 1 N–H and O–H groups in total. The lowest BCUT2D eigenvalue weighted by molar-refractivity contribution is -0.678. The summed E-state index contributed by atoms with van der Waals surface area (Å²) in [5.41, 5.74) is 1.12. The normalized spacial score (nSPS) is 18.9. The number of aromatic nitrogens is 2. The number of halogens is 1. The Balaban J connectivity index is 1.45. The van der Waals surface area contributed by atoms with Crippen LogP contribution in [0.1, 0.15) is 25.0 Å². The predicted octanol–water partition coefficient (Wildman–Crippen LogP) is 2.19. The van der Waals surface area contributed by atoms with Crippen molar-refractivity contribution in [3.8, 4) is 5.69 Å². The van der Waals surface area contributed by atoms with Gasteiger partial charge in [0.1, 0.15) is 0 Å². The zero-order valence-electron chi connectivity index (χ0n) is 16.5. The molecule has 1 aliphatic heterocycles. The molecule has 8 nitrogen and oxygen atoms in total. The molecule has 2 heterocycles. The van der Waals surface area contributed by atoms with Gasteiger partial charge in [0.25, 0.3) is 5.91 Å². The summed E-state index contributed by atoms with van der Waals surface area (Å²) in [5, 5.41) is 3.16. The van der Waals surface area contributed by atoms with Gasteiger partial charge in [-0.15, -0.1) is 0 Å². The summed E-state index contributed by atoms with van der Waals surface area (Å²) in [5.74, 6) is -0.551. The third-order valence-electron chi connectivity index (χ3n) is 5.71. The van der Waals surface area contributed by atoms with Crippen molar-refractivity contribution in [3.63, 3.8) is 0 Å². The second-order valence-corrected chi connectivity index (χ2v) is 8.20. The Hall–Kier alpha value is -3.23. The molecule has 1 atom stereocenters. The standard InChI is InChI=1S/C22H19ClN4O4/c23-14-6-8-16(9-7-14)26-20(28)12-18(21(26)29)25(15-10-11-15)13-19-22(30)31-24-27(19)17-4-2-1-3-5-17/h1-9,15,18H,10-13H2/p+1. The number of imide groups is 1. The average molecular weight is 440 g/mol. The van der Waals surface area contributed by atoms with Crippen molar-refractivity contribution < 1.29 is 18.8 Å². The molecular formula is C22H20ClN4O4+. The maximum atomic E-state index is 13.3. The highest BCUT2D eigenvalue weighted by molar-refractivity contribution is 6.30. The number of hydrogen-bond donors (Lipinski definition) is 1. The van der Waals surface area contributed by atoms with E-state index in [-0.39, 0.29) is 30.8 Å². The summed E-state index contributed by atoms with van der Waals surface area (Å²) in [6.45, 7) is 0.198. The predicted molar refractivity (Wildman–Crippen MR) is 112 cm³/mol. The van der Waals surface area contributed by atoms with Crippen LogP contribution in [0.2, 0.25) is 5.02 Å². The van der Waals surface area contributed by atoms with E-state index in [2.05, 4.69) is 5.27 Å². The van der Waals surface area contributed by atoms with E-state index >= 15 is 0 Å². The van der Waals surface area contributed by atoms with Crippen LogP contribution in [0.4, 0.5) is 5.69 Å². The van der Waals surface area contributed by atoms with Gasteiger partial charge in [0.2, 0.25) is 11.6 Å². The summed E-state index contributed by atoms with van der Waals surface area (Å²) < 4.78 is 6.62. The molecule has 158 valence electrons.